The second-order valence-corrected chi connectivity index (χ2v) is 4.26. The van der Waals surface area contributed by atoms with Crippen molar-refractivity contribution in [3.05, 3.63) is 48.0 Å². The molecular formula is C14H8FN3O3. The van der Waals surface area contributed by atoms with Crippen LogP contribution in [0.2, 0.25) is 0 Å². The molecule has 0 bridgehead atoms. The second kappa shape index (κ2) is 4.78. The van der Waals surface area contributed by atoms with Gasteiger partial charge in [-0.2, -0.15) is 0 Å². The van der Waals surface area contributed by atoms with Crippen molar-refractivity contribution in [2.75, 3.05) is 0 Å². The molecule has 0 aliphatic heterocycles. The van der Waals surface area contributed by atoms with Crippen molar-refractivity contribution in [2.45, 2.75) is 0 Å². The zero-order valence-electron chi connectivity index (χ0n) is 10.5. The van der Waals surface area contributed by atoms with Crippen molar-refractivity contribution < 1.29 is 19.4 Å². The Labute approximate surface area is 117 Å². The first-order chi connectivity index (χ1) is 10.1. The lowest BCUT2D eigenvalue weighted by Gasteiger charge is -2.07. The van der Waals surface area contributed by atoms with Gasteiger partial charge in [0.05, 0.1) is 11.3 Å². The zero-order chi connectivity index (χ0) is 15.0. The molecule has 0 amide bonds. The molecule has 0 aliphatic rings. The topological polar surface area (TPSA) is 96.2 Å². The van der Waals surface area contributed by atoms with Gasteiger partial charge in [0.15, 0.2) is 5.52 Å². The lowest BCUT2D eigenvalue weighted by Crippen LogP contribution is -2.02. The summed E-state index contributed by atoms with van der Waals surface area (Å²) in [5.74, 6) is -2.03. The Morgan fingerprint density at radius 1 is 1.10 bits per heavy atom. The summed E-state index contributed by atoms with van der Waals surface area (Å²) in [4.78, 5) is 22.9. The molecule has 3 aromatic rings. The normalized spacial score (nSPS) is 10.7. The third-order valence-corrected chi connectivity index (χ3v) is 2.94. The Morgan fingerprint density at radius 3 is 2.48 bits per heavy atom. The number of aromatic carboxylic acids is 1. The van der Waals surface area contributed by atoms with Gasteiger partial charge in [-0.3, -0.25) is 0 Å². The molecule has 21 heavy (non-hydrogen) atoms. The molecule has 1 aromatic carbocycles. The summed E-state index contributed by atoms with van der Waals surface area (Å²) < 4.78 is 13.0. The summed E-state index contributed by atoms with van der Waals surface area (Å²) in [6, 6.07) is 6.74. The standard InChI is InChI=1S/C14H8FN3O3/c15-8-3-1-7(2-4-8)10-5-9(14(20)21)11-12(18-10)13(19)17-6-16-11/h1-6H,(H,20,21)(H,16,17,19). The van der Waals surface area contributed by atoms with Gasteiger partial charge in [0.1, 0.15) is 17.7 Å². The highest BCUT2D eigenvalue weighted by Crippen LogP contribution is 2.27. The molecule has 0 saturated carbocycles. The van der Waals surface area contributed by atoms with E-state index in [0.29, 0.717) is 5.56 Å². The number of rotatable bonds is 2. The van der Waals surface area contributed by atoms with E-state index in [1.807, 2.05) is 0 Å². The summed E-state index contributed by atoms with van der Waals surface area (Å²) >= 11 is 0. The number of carboxylic acids is 1. The monoisotopic (exact) mass is 285 g/mol. The highest BCUT2D eigenvalue weighted by atomic mass is 19.1. The number of pyridine rings is 1. The van der Waals surface area contributed by atoms with Crippen molar-refractivity contribution in [1.82, 2.24) is 15.0 Å². The number of carboxylic acid groups (broad SMARTS) is 1. The average Bonchev–Trinajstić information content (AvgIpc) is 2.47. The number of halogens is 1. The van der Waals surface area contributed by atoms with Gasteiger partial charge in [-0.25, -0.2) is 24.1 Å². The molecule has 0 radical (unpaired) electrons. The van der Waals surface area contributed by atoms with Gasteiger partial charge in [-0.1, -0.05) is 0 Å². The van der Waals surface area contributed by atoms with Gasteiger partial charge in [0.2, 0.25) is 5.88 Å². The number of hydrogen-bond donors (Lipinski definition) is 2. The van der Waals surface area contributed by atoms with Gasteiger partial charge in [0, 0.05) is 5.56 Å². The molecular weight excluding hydrogens is 277 g/mol. The average molecular weight is 285 g/mol. The Morgan fingerprint density at radius 2 is 1.81 bits per heavy atom. The van der Waals surface area contributed by atoms with Crippen LogP contribution in [0.1, 0.15) is 10.4 Å². The van der Waals surface area contributed by atoms with Crippen molar-refractivity contribution in [3.63, 3.8) is 0 Å². The number of benzene rings is 1. The van der Waals surface area contributed by atoms with Gasteiger partial charge in [-0.05, 0) is 30.3 Å². The summed E-state index contributed by atoms with van der Waals surface area (Å²) in [6.07, 6.45) is 1.06. The van der Waals surface area contributed by atoms with E-state index in [-0.39, 0.29) is 22.3 Å². The molecule has 0 saturated heterocycles. The summed E-state index contributed by atoms with van der Waals surface area (Å²) in [5, 5.41) is 19.0. The van der Waals surface area contributed by atoms with E-state index in [0.717, 1.165) is 6.33 Å². The molecule has 2 heterocycles. The Kier molecular flexibility index (Phi) is 2.94. The number of nitrogens with zero attached hydrogens (tertiary/aromatic N) is 3. The van der Waals surface area contributed by atoms with Crippen LogP contribution in [0.15, 0.2) is 36.7 Å². The third-order valence-electron chi connectivity index (χ3n) is 2.94. The van der Waals surface area contributed by atoms with Crippen LogP contribution in [-0.2, 0) is 0 Å². The molecule has 0 fully saturated rings. The van der Waals surface area contributed by atoms with Crippen LogP contribution in [0.3, 0.4) is 0 Å². The summed E-state index contributed by atoms with van der Waals surface area (Å²) in [5.41, 5.74) is 0.712. The highest BCUT2D eigenvalue weighted by molar-refractivity contribution is 6.02. The minimum atomic E-state index is -1.20. The molecule has 2 N–H and O–H groups in total. The first-order valence-corrected chi connectivity index (χ1v) is 5.90. The SMILES string of the molecule is O=C(O)c1cc(-c2ccc(F)cc2)nc2c(O)ncnc12. The Balaban J connectivity index is 2.32. The van der Waals surface area contributed by atoms with Crippen molar-refractivity contribution >= 4 is 17.0 Å². The maximum absolute atomic E-state index is 13.0. The molecule has 3 rings (SSSR count). The number of fused-ring (bicyclic) bond motifs is 1. The van der Waals surface area contributed by atoms with Gasteiger partial charge in [-0.15, -0.1) is 0 Å². The van der Waals surface area contributed by atoms with E-state index in [2.05, 4.69) is 15.0 Å². The molecule has 7 heteroatoms. The van der Waals surface area contributed by atoms with Crippen LogP contribution in [-0.4, -0.2) is 31.1 Å². The minimum Gasteiger partial charge on any atom is -0.492 e. The van der Waals surface area contributed by atoms with Gasteiger partial charge in [0.25, 0.3) is 0 Å². The largest absolute Gasteiger partial charge is 0.492 e. The third kappa shape index (κ3) is 2.25. The van der Waals surface area contributed by atoms with E-state index in [9.17, 15) is 19.4 Å². The smallest absolute Gasteiger partial charge is 0.338 e. The summed E-state index contributed by atoms with van der Waals surface area (Å²) in [6.45, 7) is 0. The van der Waals surface area contributed by atoms with Crippen molar-refractivity contribution in [1.29, 1.82) is 0 Å². The fourth-order valence-corrected chi connectivity index (χ4v) is 1.96. The maximum Gasteiger partial charge on any atom is 0.338 e. The first-order valence-electron chi connectivity index (χ1n) is 5.90. The number of aromatic nitrogens is 3. The number of hydrogen-bond acceptors (Lipinski definition) is 5. The van der Waals surface area contributed by atoms with Gasteiger partial charge < -0.3 is 10.2 Å². The van der Waals surface area contributed by atoms with Crippen LogP contribution < -0.4 is 0 Å². The van der Waals surface area contributed by atoms with E-state index in [1.165, 1.54) is 30.3 Å². The second-order valence-electron chi connectivity index (χ2n) is 4.26. The fourth-order valence-electron chi connectivity index (χ4n) is 1.96. The van der Waals surface area contributed by atoms with Crippen molar-refractivity contribution in [3.8, 4) is 17.1 Å². The van der Waals surface area contributed by atoms with Crippen LogP contribution >= 0.6 is 0 Å². The van der Waals surface area contributed by atoms with Crippen LogP contribution in [0, 0.1) is 5.82 Å². The first kappa shape index (κ1) is 12.9. The predicted octanol–water partition coefficient (Wildman–Crippen LogP) is 2.23. The van der Waals surface area contributed by atoms with E-state index in [4.69, 9.17) is 0 Å². The lowest BCUT2D eigenvalue weighted by molar-refractivity contribution is 0.0699. The van der Waals surface area contributed by atoms with E-state index in [1.54, 1.807) is 0 Å². The lowest BCUT2D eigenvalue weighted by atomic mass is 10.1. The minimum absolute atomic E-state index is 0.0169. The Hall–Kier alpha value is -3.09. The predicted molar refractivity (Wildman–Crippen MR) is 71.4 cm³/mol. The number of carbonyl (C=O) groups is 1. The van der Waals surface area contributed by atoms with Crippen LogP contribution in [0.5, 0.6) is 5.88 Å². The van der Waals surface area contributed by atoms with Crippen LogP contribution in [0.4, 0.5) is 4.39 Å². The molecule has 0 aliphatic carbocycles. The van der Waals surface area contributed by atoms with E-state index < -0.39 is 17.7 Å². The highest BCUT2D eigenvalue weighted by Gasteiger charge is 2.16. The molecule has 2 aromatic heterocycles. The van der Waals surface area contributed by atoms with Gasteiger partial charge >= 0.3 is 5.97 Å². The molecule has 0 spiro atoms. The Bertz CT molecular complexity index is 850. The molecule has 104 valence electrons. The maximum atomic E-state index is 13.0. The zero-order valence-corrected chi connectivity index (χ0v) is 10.5. The van der Waals surface area contributed by atoms with E-state index >= 15 is 0 Å². The van der Waals surface area contributed by atoms with Crippen molar-refractivity contribution in [2.24, 2.45) is 0 Å². The quantitative estimate of drug-likeness (QED) is 0.749. The van der Waals surface area contributed by atoms with Crippen LogP contribution in [0.25, 0.3) is 22.3 Å². The molecule has 0 unspecified atom stereocenters. The molecule has 6 nitrogen and oxygen atoms in total. The summed E-state index contributed by atoms with van der Waals surface area (Å²) in [7, 11) is 0. The molecule has 0 atom stereocenters. The fraction of sp³-hybridized carbons (Fsp3) is 0. The number of aromatic hydroxyl groups is 1.